The zero-order chi connectivity index (χ0) is 28.0. The van der Waals surface area contributed by atoms with E-state index in [-0.39, 0.29) is 11.4 Å². The number of hydrogen-bond acceptors (Lipinski definition) is 5. The molecule has 0 radical (unpaired) electrons. The molecule has 0 saturated heterocycles. The van der Waals surface area contributed by atoms with Crippen molar-refractivity contribution in [1.82, 2.24) is 14.6 Å². The third-order valence-corrected chi connectivity index (χ3v) is 7.74. The molecule has 204 valence electrons. The summed E-state index contributed by atoms with van der Waals surface area (Å²) in [6, 6.07) is 24.5. The number of carbonyl (C=O) groups excluding carboxylic acids is 1. The van der Waals surface area contributed by atoms with Gasteiger partial charge in [0.1, 0.15) is 5.60 Å². The van der Waals surface area contributed by atoms with Crippen LogP contribution in [0.5, 0.6) is 0 Å². The van der Waals surface area contributed by atoms with E-state index < -0.39 is 27.8 Å². The van der Waals surface area contributed by atoms with E-state index in [4.69, 9.17) is 4.74 Å². The Morgan fingerprint density at radius 3 is 2.33 bits per heavy atom. The van der Waals surface area contributed by atoms with Crippen LogP contribution in [-0.4, -0.2) is 49.1 Å². The fraction of sp³-hybridized carbons (Fsp3) is 0.290. The van der Waals surface area contributed by atoms with Crippen molar-refractivity contribution in [2.45, 2.75) is 50.7 Å². The van der Waals surface area contributed by atoms with Gasteiger partial charge in [-0.15, -0.1) is 0 Å². The molecule has 1 amide bonds. The van der Waals surface area contributed by atoms with E-state index in [1.165, 1.54) is 0 Å². The molecule has 0 spiro atoms. The number of ether oxygens (including phenoxy) is 1. The van der Waals surface area contributed by atoms with E-state index in [9.17, 15) is 13.2 Å². The first-order chi connectivity index (χ1) is 18.5. The Morgan fingerprint density at radius 2 is 1.64 bits per heavy atom. The summed E-state index contributed by atoms with van der Waals surface area (Å²) >= 11 is 0. The van der Waals surface area contributed by atoms with Crippen molar-refractivity contribution in [1.29, 1.82) is 0 Å². The van der Waals surface area contributed by atoms with Crippen LogP contribution >= 0.6 is 0 Å². The largest absolute Gasteiger partial charge is 0.444 e. The predicted molar refractivity (Wildman–Crippen MR) is 155 cm³/mol. The van der Waals surface area contributed by atoms with Gasteiger partial charge in [-0.05, 0) is 74.4 Å². The molecule has 0 unspecified atom stereocenters. The van der Waals surface area contributed by atoms with Crippen LogP contribution in [-0.2, 0) is 21.2 Å². The molecule has 7 nitrogen and oxygen atoms in total. The summed E-state index contributed by atoms with van der Waals surface area (Å²) in [5.74, 6) is 0. The van der Waals surface area contributed by atoms with E-state index in [0.717, 1.165) is 27.5 Å². The zero-order valence-corrected chi connectivity index (χ0v) is 23.6. The molecule has 3 aromatic carbocycles. The normalized spacial score (nSPS) is 12.7. The molecule has 1 atom stereocenters. The van der Waals surface area contributed by atoms with Gasteiger partial charge < -0.3 is 9.64 Å². The van der Waals surface area contributed by atoms with Crippen LogP contribution in [0.3, 0.4) is 0 Å². The van der Waals surface area contributed by atoms with Crippen LogP contribution in [0.15, 0.2) is 96.2 Å². The zero-order valence-electron chi connectivity index (χ0n) is 22.8. The Morgan fingerprint density at radius 1 is 0.949 bits per heavy atom. The molecule has 0 aliphatic rings. The van der Waals surface area contributed by atoms with Gasteiger partial charge in [0, 0.05) is 36.9 Å². The van der Waals surface area contributed by atoms with E-state index >= 15 is 0 Å². The number of nitrogens with zero attached hydrogens (tertiary/aromatic N) is 2. The molecule has 0 aliphatic heterocycles. The van der Waals surface area contributed by atoms with Crippen LogP contribution in [0.4, 0.5) is 4.79 Å². The fourth-order valence-corrected chi connectivity index (χ4v) is 5.54. The van der Waals surface area contributed by atoms with Crippen molar-refractivity contribution in [2.75, 3.05) is 13.1 Å². The second kappa shape index (κ2) is 12.0. The summed E-state index contributed by atoms with van der Waals surface area (Å²) in [5.41, 5.74) is 2.66. The molecule has 1 aromatic heterocycles. The molecule has 4 rings (SSSR count). The predicted octanol–water partition coefficient (Wildman–Crippen LogP) is 6.05. The lowest BCUT2D eigenvalue weighted by Crippen LogP contribution is -2.46. The Kier molecular flexibility index (Phi) is 8.67. The minimum atomic E-state index is -3.80. The SMILES string of the molecule is C[C@H](CN(CCc1ccc(-c2ccccc2)cc1)C(=O)OC(C)(C)C)NS(=O)(=O)c1ccc2cnccc2c1. The highest BCUT2D eigenvalue weighted by Gasteiger charge is 2.26. The lowest BCUT2D eigenvalue weighted by atomic mass is 10.0. The second-order valence-electron chi connectivity index (χ2n) is 10.6. The maximum absolute atomic E-state index is 13.1. The number of benzene rings is 3. The number of amides is 1. The maximum atomic E-state index is 13.1. The molecule has 0 aliphatic carbocycles. The summed E-state index contributed by atoms with van der Waals surface area (Å²) in [4.78, 5) is 18.9. The number of hydrogen-bond donors (Lipinski definition) is 1. The molecule has 0 bridgehead atoms. The molecule has 0 fully saturated rings. The lowest BCUT2D eigenvalue weighted by Gasteiger charge is -2.29. The summed E-state index contributed by atoms with van der Waals surface area (Å²) in [7, 11) is -3.80. The average Bonchev–Trinajstić information content (AvgIpc) is 2.90. The number of nitrogens with one attached hydrogen (secondary N) is 1. The van der Waals surface area contributed by atoms with Crippen LogP contribution in [0, 0.1) is 0 Å². The van der Waals surface area contributed by atoms with Gasteiger partial charge in [-0.2, -0.15) is 0 Å². The highest BCUT2D eigenvalue weighted by molar-refractivity contribution is 7.89. The number of pyridine rings is 1. The van der Waals surface area contributed by atoms with Gasteiger partial charge in [0.2, 0.25) is 10.0 Å². The monoisotopic (exact) mass is 545 g/mol. The third-order valence-electron chi connectivity index (χ3n) is 6.16. The van der Waals surface area contributed by atoms with Gasteiger partial charge in [-0.25, -0.2) is 17.9 Å². The van der Waals surface area contributed by atoms with Crippen molar-refractivity contribution in [3.8, 4) is 11.1 Å². The first kappa shape index (κ1) is 28.3. The van der Waals surface area contributed by atoms with Gasteiger partial charge in [-0.3, -0.25) is 4.98 Å². The molecule has 1 heterocycles. The van der Waals surface area contributed by atoms with E-state index in [1.54, 1.807) is 48.5 Å². The van der Waals surface area contributed by atoms with Crippen LogP contribution in [0.2, 0.25) is 0 Å². The van der Waals surface area contributed by atoms with Gasteiger partial charge in [0.05, 0.1) is 4.90 Å². The highest BCUT2D eigenvalue weighted by atomic mass is 32.2. The number of rotatable bonds is 9. The van der Waals surface area contributed by atoms with Crippen molar-refractivity contribution >= 4 is 26.9 Å². The fourth-order valence-electron chi connectivity index (χ4n) is 4.27. The first-order valence-corrected chi connectivity index (χ1v) is 14.5. The number of aromatic nitrogens is 1. The second-order valence-corrected chi connectivity index (χ2v) is 12.4. The van der Waals surface area contributed by atoms with Gasteiger partial charge in [0.15, 0.2) is 0 Å². The molecule has 4 aromatic rings. The summed E-state index contributed by atoms with van der Waals surface area (Å²) in [6.07, 6.45) is 3.44. The maximum Gasteiger partial charge on any atom is 0.410 e. The van der Waals surface area contributed by atoms with Crippen LogP contribution in [0.25, 0.3) is 21.9 Å². The van der Waals surface area contributed by atoms with Crippen LogP contribution in [0.1, 0.15) is 33.3 Å². The third kappa shape index (κ3) is 7.88. The van der Waals surface area contributed by atoms with Crippen molar-refractivity contribution < 1.29 is 17.9 Å². The van der Waals surface area contributed by atoms with E-state index in [2.05, 4.69) is 46.1 Å². The Labute approximate surface area is 230 Å². The summed E-state index contributed by atoms with van der Waals surface area (Å²) in [6.45, 7) is 7.73. The molecular formula is C31H35N3O4S. The Hall–Kier alpha value is -3.75. The average molecular weight is 546 g/mol. The molecule has 0 saturated carbocycles. The minimum Gasteiger partial charge on any atom is -0.444 e. The van der Waals surface area contributed by atoms with Crippen LogP contribution < -0.4 is 4.72 Å². The minimum absolute atomic E-state index is 0.160. The summed E-state index contributed by atoms with van der Waals surface area (Å²) < 4.78 is 34.6. The van der Waals surface area contributed by atoms with Crippen molar-refractivity contribution in [2.24, 2.45) is 0 Å². The van der Waals surface area contributed by atoms with Gasteiger partial charge in [-0.1, -0.05) is 60.7 Å². The number of carbonyl (C=O) groups is 1. The van der Waals surface area contributed by atoms with E-state index in [0.29, 0.717) is 13.0 Å². The number of sulfonamides is 1. The van der Waals surface area contributed by atoms with Crippen molar-refractivity contribution in [3.05, 3.63) is 96.8 Å². The molecule has 39 heavy (non-hydrogen) atoms. The quantitative estimate of drug-likeness (QED) is 0.277. The topological polar surface area (TPSA) is 88.6 Å². The Bertz CT molecular complexity index is 1520. The number of fused-ring (bicyclic) bond motifs is 1. The van der Waals surface area contributed by atoms with Crippen molar-refractivity contribution in [3.63, 3.8) is 0 Å². The van der Waals surface area contributed by atoms with E-state index in [1.807, 2.05) is 39.0 Å². The van der Waals surface area contributed by atoms with Gasteiger partial charge >= 0.3 is 6.09 Å². The molecule has 1 N–H and O–H groups in total. The Balaban J connectivity index is 1.44. The van der Waals surface area contributed by atoms with Gasteiger partial charge in [0.25, 0.3) is 0 Å². The smallest absolute Gasteiger partial charge is 0.410 e. The lowest BCUT2D eigenvalue weighted by molar-refractivity contribution is 0.0241. The standard InChI is InChI=1S/C31H35N3O4S/c1-23(33-39(36,37)29-15-14-28-21-32-18-16-27(28)20-29)22-34(30(35)38-31(2,3)4)19-17-24-10-12-26(13-11-24)25-8-6-5-7-9-25/h5-16,18,20-21,23,33H,17,19,22H2,1-4H3/t23-/m1/s1. The summed E-state index contributed by atoms with van der Waals surface area (Å²) in [5, 5.41) is 1.64. The molecule has 8 heteroatoms. The highest BCUT2D eigenvalue weighted by Crippen LogP contribution is 2.21. The first-order valence-electron chi connectivity index (χ1n) is 13.0. The molecular weight excluding hydrogens is 510 g/mol.